The molecule has 0 amide bonds. The Kier molecular flexibility index (Phi) is 6.08. The lowest BCUT2D eigenvalue weighted by atomic mass is 10.0. The third-order valence-electron chi connectivity index (χ3n) is 6.32. The number of hydrogen-bond donors (Lipinski definition) is 0. The fraction of sp³-hybridized carbons (Fsp3) is 0.103. The van der Waals surface area contributed by atoms with Crippen LogP contribution in [-0.2, 0) is 0 Å². The molecule has 2 heterocycles. The highest BCUT2D eigenvalue weighted by atomic mass is 35.5. The largest absolute Gasteiger partial charge is 0.495 e. The van der Waals surface area contributed by atoms with Crippen molar-refractivity contribution >= 4 is 86.2 Å². The topological polar surface area (TPSA) is 52.6 Å². The highest BCUT2D eigenvalue weighted by Gasteiger charge is 2.20. The van der Waals surface area contributed by atoms with Crippen LogP contribution in [0, 0.1) is 0 Å². The Morgan fingerprint density at radius 3 is 2.24 bits per heavy atom. The molecule has 0 saturated carbocycles. The van der Waals surface area contributed by atoms with E-state index in [0.717, 1.165) is 14.1 Å². The van der Waals surface area contributed by atoms with E-state index in [1.807, 2.05) is 43.3 Å². The highest BCUT2D eigenvalue weighted by Crippen LogP contribution is 2.43. The molecule has 0 aliphatic carbocycles. The monoisotopic (exact) mass is 564 g/mol. The first-order valence-corrected chi connectivity index (χ1v) is 13.9. The van der Waals surface area contributed by atoms with Crippen molar-refractivity contribution in [1.29, 1.82) is 0 Å². The zero-order valence-corrected chi connectivity index (χ0v) is 22.8. The van der Waals surface area contributed by atoms with Crippen molar-refractivity contribution in [2.24, 2.45) is 0 Å². The number of ether oxygens (including phenoxy) is 2. The summed E-state index contributed by atoms with van der Waals surface area (Å²) in [7, 11) is 1.57. The Bertz CT molecular complexity index is 2010. The fourth-order valence-corrected chi connectivity index (χ4v) is 7.63. The number of methoxy groups -OCH3 is 1. The zero-order chi connectivity index (χ0) is 25.8. The molecular formula is C29H18Cl2O4S2. The van der Waals surface area contributed by atoms with Crippen molar-refractivity contribution in [1.82, 2.24) is 0 Å². The Hall–Kier alpha value is -3.16. The lowest BCUT2D eigenvalue weighted by Gasteiger charge is -2.14. The molecule has 0 radical (unpaired) electrons. The molecule has 0 unspecified atom stereocenters. The summed E-state index contributed by atoms with van der Waals surface area (Å²) in [4.78, 5) is 27.1. The SMILES string of the molecule is CCOc1ccc(Cl)c2c(=O)c3cc(-c4cc(OC)c5sc6ccccc6c(=O)c5c4Cl)ccc3sc12. The minimum Gasteiger partial charge on any atom is -0.495 e. The Morgan fingerprint density at radius 2 is 1.49 bits per heavy atom. The van der Waals surface area contributed by atoms with Crippen molar-refractivity contribution in [2.45, 2.75) is 6.92 Å². The molecule has 8 heteroatoms. The molecule has 6 aromatic rings. The van der Waals surface area contributed by atoms with Crippen LogP contribution in [0.1, 0.15) is 6.92 Å². The van der Waals surface area contributed by atoms with Crippen LogP contribution in [0.25, 0.3) is 51.5 Å². The molecule has 2 aromatic heterocycles. The molecule has 0 saturated heterocycles. The van der Waals surface area contributed by atoms with Gasteiger partial charge in [0.15, 0.2) is 10.9 Å². The van der Waals surface area contributed by atoms with Gasteiger partial charge in [0.1, 0.15) is 11.5 Å². The maximum atomic E-state index is 13.6. The van der Waals surface area contributed by atoms with Gasteiger partial charge in [-0.1, -0.05) is 41.4 Å². The van der Waals surface area contributed by atoms with Crippen molar-refractivity contribution in [3.63, 3.8) is 0 Å². The fourth-order valence-electron chi connectivity index (χ4n) is 4.60. The summed E-state index contributed by atoms with van der Waals surface area (Å²) in [6.07, 6.45) is 0. The van der Waals surface area contributed by atoms with Crippen LogP contribution in [0.15, 0.2) is 70.3 Å². The number of fused-ring (bicyclic) bond motifs is 4. The van der Waals surface area contributed by atoms with Gasteiger partial charge in [-0.25, -0.2) is 0 Å². The number of benzene rings is 4. The van der Waals surface area contributed by atoms with Gasteiger partial charge in [-0.3, -0.25) is 9.59 Å². The lowest BCUT2D eigenvalue weighted by Crippen LogP contribution is -2.04. The van der Waals surface area contributed by atoms with Gasteiger partial charge < -0.3 is 9.47 Å². The molecule has 0 aliphatic heterocycles. The van der Waals surface area contributed by atoms with Gasteiger partial charge in [0, 0.05) is 25.7 Å². The summed E-state index contributed by atoms with van der Waals surface area (Å²) < 4.78 is 14.5. The maximum Gasteiger partial charge on any atom is 0.197 e. The van der Waals surface area contributed by atoms with Gasteiger partial charge in [-0.2, -0.15) is 0 Å². The van der Waals surface area contributed by atoms with Crippen LogP contribution in [-0.4, -0.2) is 13.7 Å². The van der Waals surface area contributed by atoms with E-state index in [1.54, 1.807) is 31.4 Å². The number of rotatable bonds is 4. The molecule has 4 nitrogen and oxygen atoms in total. The predicted octanol–water partition coefficient (Wildman–Crippen LogP) is 8.52. The van der Waals surface area contributed by atoms with E-state index < -0.39 is 0 Å². The molecule has 0 atom stereocenters. The van der Waals surface area contributed by atoms with Gasteiger partial charge >= 0.3 is 0 Å². The van der Waals surface area contributed by atoms with Crippen molar-refractivity contribution < 1.29 is 9.47 Å². The quantitative estimate of drug-likeness (QED) is 0.201. The van der Waals surface area contributed by atoms with E-state index in [1.165, 1.54) is 22.7 Å². The van der Waals surface area contributed by atoms with Crippen LogP contribution in [0.4, 0.5) is 0 Å². The summed E-state index contributed by atoms with van der Waals surface area (Å²) in [6, 6.07) is 18.3. The first kappa shape index (κ1) is 24.2. The predicted molar refractivity (Wildman–Crippen MR) is 158 cm³/mol. The molecule has 37 heavy (non-hydrogen) atoms. The average molecular weight is 565 g/mol. The van der Waals surface area contributed by atoms with Crippen molar-refractivity contribution in [2.75, 3.05) is 13.7 Å². The molecule has 0 spiro atoms. The molecule has 0 bridgehead atoms. The summed E-state index contributed by atoms with van der Waals surface area (Å²) in [5.74, 6) is 1.18. The van der Waals surface area contributed by atoms with E-state index >= 15 is 0 Å². The minimum absolute atomic E-state index is 0.150. The molecule has 0 aliphatic rings. The first-order valence-electron chi connectivity index (χ1n) is 11.5. The van der Waals surface area contributed by atoms with Crippen molar-refractivity contribution in [3.05, 3.63) is 91.2 Å². The van der Waals surface area contributed by atoms with Gasteiger partial charge in [0.05, 0.1) is 43.9 Å². The van der Waals surface area contributed by atoms with E-state index in [9.17, 15) is 9.59 Å². The van der Waals surface area contributed by atoms with Gasteiger partial charge in [0.25, 0.3) is 0 Å². The average Bonchev–Trinajstić information content (AvgIpc) is 2.90. The zero-order valence-electron chi connectivity index (χ0n) is 19.7. The minimum atomic E-state index is -0.182. The summed E-state index contributed by atoms with van der Waals surface area (Å²) in [5.41, 5.74) is 0.990. The van der Waals surface area contributed by atoms with Crippen LogP contribution in [0.2, 0.25) is 10.0 Å². The third kappa shape index (κ3) is 3.79. The van der Waals surface area contributed by atoms with Crippen LogP contribution >= 0.6 is 45.9 Å². The lowest BCUT2D eigenvalue weighted by molar-refractivity contribution is 0.345. The molecular weight excluding hydrogens is 547 g/mol. The summed E-state index contributed by atoms with van der Waals surface area (Å²) in [6.45, 7) is 2.38. The van der Waals surface area contributed by atoms with E-state index in [2.05, 4.69) is 0 Å². The van der Waals surface area contributed by atoms with E-state index in [-0.39, 0.29) is 10.9 Å². The second kappa shape index (κ2) is 9.30. The second-order valence-electron chi connectivity index (χ2n) is 8.40. The molecule has 0 fully saturated rings. The summed E-state index contributed by atoms with van der Waals surface area (Å²) in [5, 5.41) is 2.67. The molecule has 184 valence electrons. The van der Waals surface area contributed by atoms with E-state index in [4.69, 9.17) is 32.7 Å². The molecule has 4 aromatic carbocycles. The van der Waals surface area contributed by atoms with Crippen LogP contribution in [0.5, 0.6) is 11.5 Å². The summed E-state index contributed by atoms with van der Waals surface area (Å²) >= 11 is 16.3. The standard InChI is InChI=1S/C29H18Cl2O4S2/c1-3-35-19-10-9-18(30)23-27(33)17-12-14(8-11-22(17)37-28(19)23)16-13-20(34-2)29-24(25(16)31)26(32)15-6-4-5-7-21(15)36-29/h4-13H,3H2,1-2H3. The van der Waals surface area contributed by atoms with Crippen LogP contribution in [0.3, 0.4) is 0 Å². The Balaban J connectivity index is 1.66. The van der Waals surface area contributed by atoms with Gasteiger partial charge in [0.2, 0.25) is 0 Å². The Labute approximate surface area is 229 Å². The number of halogens is 2. The normalized spacial score (nSPS) is 11.6. The highest BCUT2D eigenvalue weighted by molar-refractivity contribution is 7.25. The maximum absolute atomic E-state index is 13.6. The second-order valence-corrected chi connectivity index (χ2v) is 11.3. The van der Waals surface area contributed by atoms with Crippen molar-refractivity contribution in [3.8, 4) is 22.6 Å². The first-order chi connectivity index (χ1) is 17.9. The van der Waals surface area contributed by atoms with E-state index in [0.29, 0.717) is 65.5 Å². The van der Waals surface area contributed by atoms with Crippen LogP contribution < -0.4 is 20.3 Å². The van der Waals surface area contributed by atoms with Gasteiger partial charge in [-0.15, -0.1) is 22.7 Å². The third-order valence-corrected chi connectivity index (χ3v) is 9.40. The Morgan fingerprint density at radius 1 is 0.784 bits per heavy atom. The molecule has 6 rings (SSSR count). The smallest absolute Gasteiger partial charge is 0.197 e. The number of hydrogen-bond acceptors (Lipinski definition) is 6. The molecule has 0 N–H and O–H groups in total. The van der Waals surface area contributed by atoms with Gasteiger partial charge in [-0.05, 0) is 55.0 Å².